The molecule has 0 spiro atoms. The van der Waals surface area contributed by atoms with E-state index in [0.29, 0.717) is 31.1 Å². The van der Waals surface area contributed by atoms with Crippen LogP contribution in [-0.4, -0.2) is 19.8 Å². The summed E-state index contributed by atoms with van der Waals surface area (Å²) in [6.45, 7) is 7.20. The molecule has 0 bridgehead atoms. The van der Waals surface area contributed by atoms with Gasteiger partial charge in [0.15, 0.2) is 0 Å². The number of hydrogen-bond donors (Lipinski definition) is 1. The number of hydrogen-bond acceptors (Lipinski definition) is 4. The van der Waals surface area contributed by atoms with Crippen molar-refractivity contribution in [3.63, 3.8) is 0 Å². The van der Waals surface area contributed by atoms with E-state index >= 15 is 0 Å². The van der Waals surface area contributed by atoms with Gasteiger partial charge in [-0.05, 0) is 32.9 Å². The third-order valence-electron chi connectivity index (χ3n) is 2.28. The molecule has 0 fully saturated rings. The minimum atomic E-state index is -1.24. The summed E-state index contributed by atoms with van der Waals surface area (Å²) in [5, 5.41) is 0. The Balaban J connectivity index is 3.08. The van der Waals surface area contributed by atoms with Gasteiger partial charge in [-0.25, -0.2) is 0 Å². The zero-order chi connectivity index (χ0) is 12.7. The highest BCUT2D eigenvalue weighted by molar-refractivity contribution is 5.36. The van der Waals surface area contributed by atoms with Crippen LogP contribution in [0, 0.1) is 0 Å². The van der Waals surface area contributed by atoms with Crippen molar-refractivity contribution in [2.45, 2.75) is 26.7 Å². The van der Waals surface area contributed by atoms with Crippen molar-refractivity contribution in [3.8, 4) is 5.75 Å². The Morgan fingerprint density at radius 1 is 1.00 bits per heavy atom. The van der Waals surface area contributed by atoms with Gasteiger partial charge in [0.1, 0.15) is 5.75 Å². The van der Waals surface area contributed by atoms with Crippen LogP contribution >= 0.6 is 0 Å². The Morgan fingerprint density at radius 3 is 2.12 bits per heavy atom. The Hall–Kier alpha value is -1.10. The van der Waals surface area contributed by atoms with Crippen LogP contribution in [-0.2, 0) is 15.4 Å². The summed E-state index contributed by atoms with van der Waals surface area (Å²) >= 11 is 0. The van der Waals surface area contributed by atoms with Crippen molar-refractivity contribution in [1.29, 1.82) is 0 Å². The highest BCUT2D eigenvalue weighted by Gasteiger charge is 2.31. The van der Waals surface area contributed by atoms with E-state index in [1.54, 1.807) is 0 Å². The first-order valence-corrected chi connectivity index (χ1v) is 5.97. The topological polar surface area (TPSA) is 53.7 Å². The summed E-state index contributed by atoms with van der Waals surface area (Å²) in [7, 11) is 0. The van der Waals surface area contributed by atoms with Gasteiger partial charge < -0.3 is 14.2 Å². The Kier molecular flexibility index (Phi) is 5.41. The average Bonchev–Trinajstić information content (AvgIpc) is 2.31. The monoisotopic (exact) mass is 239 g/mol. The van der Waals surface area contributed by atoms with E-state index < -0.39 is 5.91 Å². The number of ether oxygens (including phenoxy) is 3. The minimum Gasteiger partial charge on any atom is -0.493 e. The molecule has 0 aliphatic heterocycles. The Morgan fingerprint density at radius 2 is 1.59 bits per heavy atom. The normalized spacial score (nSPS) is 11.5. The molecule has 0 heterocycles. The van der Waals surface area contributed by atoms with Crippen molar-refractivity contribution in [2.24, 2.45) is 5.73 Å². The van der Waals surface area contributed by atoms with Crippen LogP contribution in [0.25, 0.3) is 0 Å². The van der Waals surface area contributed by atoms with Gasteiger partial charge in [0.2, 0.25) is 0 Å². The van der Waals surface area contributed by atoms with Crippen LogP contribution in [0.15, 0.2) is 24.3 Å². The number of benzene rings is 1. The lowest BCUT2D eigenvalue weighted by Gasteiger charge is -2.30. The molecule has 2 N–H and O–H groups in total. The van der Waals surface area contributed by atoms with E-state index in [1.807, 2.05) is 45.0 Å². The quantitative estimate of drug-likeness (QED) is 0.741. The fourth-order valence-electron chi connectivity index (χ4n) is 1.66. The number of rotatable bonds is 7. The predicted octanol–water partition coefficient (Wildman–Crippen LogP) is 2.23. The highest BCUT2D eigenvalue weighted by atomic mass is 16.7. The molecule has 1 aromatic carbocycles. The molecule has 0 aliphatic carbocycles. The molecule has 0 saturated carbocycles. The van der Waals surface area contributed by atoms with Crippen LogP contribution < -0.4 is 10.5 Å². The summed E-state index contributed by atoms with van der Waals surface area (Å²) in [6.07, 6.45) is 0. The van der Waals surface area contributed by atoms with Gasteiger partial charge >= 0.3 is 0 Å². The lowest BCUT2D eigenvalue weighted by molar-refractivity contribution is -0.239. The summed E-state index contributed by atoms with van der Waals surface area (Å²) in [5.41, 5.74) is 6.86. The Bertz CT molecular complexity index is 335. The third-order valence-corrected chi connectivity index (χ3v) is 2.28. The molecule has 1 rings (SSSR count). The maximum Gasteiger partial charge on any atom is 0.256 e. The summed E-state index contributed by atoms with van der Waals surface area (Å²) in [6, 6.07) is 7.50. The second-order valence-corrected chi connectivity index (χ2v) is 3.46. The molecule has 0 amide bonds. The van der Waals surface area contributed by atoms with Crippen LogP contribution in [0.2, 0.25) is 0 Å². The summed E-state index contributed by atoms with van der Waals surface area (Å²) < 4.78 is 16.6. The molecule has 0 radical (unpaired) electrons. The van der Waals surface area contributed by atoms with Crippen molar-refractivity contribution in [3.05, 3.63) is 29.8 Å². The van der Waals surface area contributed by atoms with Crippen molar-refractivity contribution >= 4 is 0 Å². The maximum atomic E-state index is 6.15. The average molecular weight is 239 g/mol. The summed E-state index contributed by atoms with van der Waals surface area (Å²) in [4.78, 5) is 0. The number of nitrogens with two attached hydrogens (primary N) is 1. The molecule has 4 heteroatoms. The largest absolute Gasteiger partial charge is 0.493 e. The van der Waals surface area contributed by atoms with Gasteiger partial charge in [-0.2, -0.15) is 0 Å². The molecule has 1 aromatic rings. The Labute approximate surface area is 103 Å². The van der Waals surface area contributed by atoms with Crippen LogP contribution in [0.1, 0.15) is 26.3 Å². The van der Waals surface area contributed by atoms with Crippen molar-refractivity contribution < 1.29 is 14.2 Å². The van der Waals surface area contributed by atoms with Gasteiger partial charge in [0.05, 0.1) is 12.2 Å². The molecular weight excluding hydrogens is 218 g/mol. The molecule has 0 saturated heterocycles. The molecule has 4 nitrogen and oxygen atoms in total. The first-order valence-electron chi connectivity index (χ1n) is 5.97. The van der Waals surface area contributed by atoms with Gasteiger partial charge in [0, 0.05) is 13.2 Å². The second-order valence-electron chi connectivity index (χ2n) is 3.46. The van der Waals surface area contributed by atoms with Crippen LogP contribution in [0.3, 0.4) is 0 Å². The van der Waals surface area contributed by atoms with Gasteiger partial charge in [-0.15, -0.1) is 0 Å². The lowest BCUT2D eigenvalue weighted by atomic mass is 10.1. The molecular formula is C13H21NO3. The summed E-state index contributed by atoms with van der Waals surface area (Å²) in [5.74, 6) is -0.547. The van der Waals surface area contributed by atoms with Crippen molar-refractivity contribution in [1.82, 2.24) is 0 Å². The molecule has 0 aromatic heterocycles. The van der Waals surface area contributed by atoms with E-state index in [-0.39, 0.29) is 0 Å². The van der Waals surface area contributed by atoms with E-state index in [2.05, 4.69) is 0 Å². The molecule has 96 valence electrons. The van der Waals surface area contributed by atoms with E-state index in [9.17, 15) is 0 Å². The van der Waals surface area contributed by atoms with Crippen LogP contribution in [0.4, 0.5) is 0 Å². The zero-order valence-corrected chi connectivity index (χ0v) is 10.7. The predicted molar refractivity (Wildman–Crippen MR) is 66.7 cm³/mol. The highest BCUT2D eigenvalue weighted by Crippen LogP contribution is 2.30. The second kappa shape index (κ2) is 6.59. The SMILES string of the molecule is CCOc1ccccc1C(N)(OCC)OCC. The fourth-order valence-corrected chi connectivity index (χ4v) is 1.66. The van der Waals surface area contributed by atoms with Gasteiger partial charge in [-0.3, -0.25) is 5.73 Å². The van der Waals surface area contributed by atoms with Gasteiger partial charge in [0.25, 0.3) is 5.91 Å². The molecule has 0 aliphatic rings. The van der Waals surface area contributed by atoms with Crippen molar-refractivity contribution in [2.75, 3.05) is 19.8 Å². The zero-order valence-electron chi connectivity index (χ0n) is 10.7. The fraction of sp³-hybridized carbons (Fsp3) is 0.538. The van der Waals surface area contributed by atoms with E-state index in [0.717, 1.165) is 0 Å². The molecule has 0 atom stereocenters. The first kappa shape index (κ1) is 14.0. The lowest BCUT2D eigenvalue weighted by Crippen LogP contribution is -2.43. The molecule has 17 heavy (non-hydrogen) atoms. The smallest absolute Gasteiger partial charge is 0.256 e. The minimum absolute atomic E-state index is 0.469. The first-order chi connectivity index (χ1) is 8.18. The number of para-hydroxylation sites is 1. The van der Waals surface area contributed by atoms with Crippen LogP contribution in [0.5, 0.6) is 5.75 Å². The molecule has 0 unspecified atom stereocenters. The maximum absolute atomic E-state index is 6.15. The van der Waals surface area contributed by atoms with E-state index in [1.165, 1.54) is 0 Å². The standard InChI is InChI=1S/C13H21NO3/c1-4-15-12-10-8-7-9-11(12)13(14,16-5-2)17-6-3/h7-10H,4-6,14H2,1-3H3. The third kappa shape index (κ3) is 3.43. The van der Waals surface area contributed by atoms with E-state index in [4.69, 9.17) is 19.9 Å². The van der Waals surface area contributed by atoms with Gasteiger partial charge in [-0.1, -0.05) is 12.1 Å².